The van der Waals surface area contributed by atoms with Crippen molar-refractivity contribution in [2.24, 2.45) is 5.92 Å². The van der Waals surface area contributed by atoms with Crippen LogP contribution >= 0.6 is 0 Å². The maximum Gasteiger partial charge on any atom is 0.321 e. The van der Waals surface area contributed by atoms with Crippen molar-refractivity contribution >= 4 is 11.9 Å². The lowest BCUT2D eigenvalue weighted by Gasteiger charge is -2.32. The van der Waals surface area contributed by atoms with Crippen LogP contribution in [0.15, 0.2) is 0 Å². The Kier molecular flexibility index (Phi) is 4.08. The van der Waals surface area contributed by atoms with Gasteiger partial charge in [0.1, 0.15) is 6.04 Å². The van der Waals surface area contributed by atoms with Gasteiger partial charge >= 0.3 is 11.9 Å². The highest BCUT2D eigenvalue weighted by atomic mass is 16.4. The molecule has 0 aromatic carbocycles. The Labute approximate surface area is 88.7 Å². The van der Waals surface area contributed by atoms with Crippen LogP contribution in [-0.4, -0.2) is 46.7 Å². The minimum Gasteiger partial charge on any atom is -0.481 e. The van der Waals surface area contributed by atoms with Crippen molar-refractivity contribution < 1.29 is 19.8 Å². The molecule has 1 fully saturated rings. The molecule has 1 atom stereocenters. The molecule has 1 rings (SSSR count). The van der Waals surface area contributed by atoms with Crippen LogP contribution in [0.3, 0.4) is 0 Å². The summed E-state index contributed by atoms with van der Waals surface area (Å²) in [5, 5.41) is 17.5. The van der Waals surface area contributed by atoms with E-state index >= 15 is 0 Å². The molecule has 1 saturated carbocycles. The molecule has 5 heteroatoms. The Hall–Kier alpha value is -1.10. The topological polar surface area (TPSA) is 77.8 Å². The quantitative estimate of drug-likeness (QED) is 0.680. The molecule has 0 aromatic rings. The third kappa shape index (κ3) is 3.51. The Balaban J connectivity index is 2.45. The number of carbonyl (C=O) groups is 2. The van der Waals surface area contributed by atoms with Gasteiger partial charge < -0.3 is 10.2 Å². The first kappa shape index (κ1) is 12.0. The lowest BCUT2D eigenvalue weighted by molar-refractivity contribution is -0.149. The van der Waals surface area contributed by atoms with Crippen molar-refractivity contribution in [3.8, 4) is 0 Å². The van der Waals surface area contributed by atoms with E-state index in [-0.39, 0.29) is 6.42 Å². The van der Waals surface area contributed by atoms with Crippen molar-refractivity contribution in [3.05, 3.63) is 0 Å². The van der Waals surface area contributed by atoms with E-state index in [0.717, 1.165) is 12.8 Å². The summed E-state index contributed by atoms with van der Waals surface area (Å²) < 4.78 is 0. The van der Waals surface area contributed by atoms with Crippen LogP contribution in [0.1, 0.15) is 25.7 Å². The molecule has 0 aromatic heterocycles. The third-order valence-corrected chi connectivity index (χ3v) is 2.96. The molecule has 0 aliphatic heterocycles. The summed E-state index contributed by atoms with van der Waals surface area (Å²) in [5.74, 6) is -1.58. The summed E-state index contributed by atoms with van der Waals surface area (Å²) >= 11 is 0. The van der Waals surface area contributed by atoms with Gasteiger partial charge in [0.2, 0.25) is 0 Å². The fourth-order valence-electron chi connectivity index (χ4n) is 1.81. The lowest BCUT2D eigenvalue weighted by Crippen LogP contribution is -2.43. The first-order chi connectivity index (χ1) is 7.00. The van der Waals surface area contributed by atoms with E-state index in [0.29, 0.717) is 12.5 Å². The summed E-state index contributed by atoms with van der Waals surface area (Å²) in [7, 11) is 1.68. The molecule has 1 aliphatic carbocycles. The Morgan fingerprint density at radius 2 is 2.00 bits per heavy atom. The van der Waals surface area contributed by atoms with Crippen LogP contribution in [0.2, 0.25) is 0 Å². The predicted molar refractivity (Wildman–Crippen MR) is 53.6 cm³/mol. The number of carboxylic acid groups (broad SMARTS) is 2. The van der Waals surface area contributed by atoms with Crippen molar-refractivity contribution in [3.63, 3.8) is 0 Å². The SMILES string of the molecule is CN(CC1CCC1)C(CC(=O)O)C(=O)O. The average molecular weight is 215 g/mol. The molecule has 0 spiro atoms. The minimum absolute atomic E-state index is 0.335. The van der Waals surface area contributed by atoms with Gasteiger partial charge in [0.15, 0.2) is 0 Å². The highest BCUT2D eigenvalue weighted by Crippen LogP contribution is 2.27. The molecule has 0 heterocycles. The zero-order valence-electron chi connectivity index (χ0n) is 8.85. The Morgan fingerprint density at radius 1 is 1.40 bits per heavy atom. The molecule has 0 radical (unpaired) electrons. The summed E-state index contributed by atoms with van der Waals surface area (Å²) in [4.78, 5) is 23.0. The van der Waals surface area contributed by atoms with Gasteiger partial charge in [-0.05, 0) is 25.8 Å². The van der Waals surface area contributed by atoms with E-state index in [2.05, 4.69) is 0 Å². The first-order valence-electron chi connectivity index (χ1n) is 5.15. The van der Waals surface area contributed by atoms with Crippen LogP contribution in [0, 0.1) is 5.92 Å². The number of rotatable bonds is 6. The van der Waals surface area contributed by atoms with Crippen LogP contribution in [0.25, 0.3) is 0 Å². The molecular formula is C10H17NO4. The molecule has 0 saturated heterocycles. The molecule has 15 heavy (non-hydrogen) atoms. The predicted octanol–water partition coefficient (Wildman–Crippen LogP) is 0.646. The highest BCUT2D eigenvalue weighted by molar-refractivity contribution is 5.80. The molecule has 5 nitrogen and oxygen atoms in total. The molecule has 2 N–H and O–H groups in total. The van der Waals surface area contributed by atoms with Gasteiger partial charge in [-0.1, -0.05) is 6.42 Å². The van der Waals surface area contributed by atoms with Crippen molar-refractivity contribution in [2.45, 2.75) is 31.7 Å². The fourth-order valence-corrected chi connectivity index (χ4v) is 1.81. The van der Waals surface area contributed by atoms with Crippen LogP contribution in [0.5, 0.6) is 0 Å². The smallest absolute Gasteiger partial charge is 0.321 e. The van der Waals surface area contributed by atoms with E-state index in [1.54, 1.807) is 11.9 Å². The number of aliphatic carboxylic acids is 2. The van der Waals surface area contributed by atoms with Gasteiger partial charge in [-0.25, -0.2) is 0 Å². The van der Waals surface area contributed by atoms with E-state index in [1.807, 2.05) is 0 Å². The monoisotopic (exact) mass is 215 g/mol. The number of hydrogen-bond acceptors (Lipinski definition) is 3. The van der Waals surface area contributed by atoms with E-state index in [1.165, 1.54) is 6.42 Å². The maximum atomic E-state index is 10.9. The van der Waals surface area contributed by atoms with Gasteiger partial charge in [0, 0.05) is 6.54 Å². The van der Waals surface area contributed by atoms with Crippen LogP contribution in [-0.2, 0) is 9.59 Å². The average Bonchev–Trinajstić information content (AvgIpc) is 2.06. The van der Waals surface area contributed by atoms with Crippen molar-refractivity contribution in [1.29, 1.82) is 0 Å². The van der Waals surface area contributed by atoms with Crippen molar-refractivity contribution in [2.75, 3.05) is 13.6 Å². The Morgan fingerprint density at radius 3 is 2.33 bits per heavy atom. The standard InChI is InChI=1S/C10H17NO4/c1-11(6-7-3-2-4-7)8(10(14)15)5-9(12)13/h7-8H,2-6H2,1H3,(H,12,13)(H,14,15). The molecule has 86 valence electrons. The normalized spacial score (nSPS) is 18.5. The third-order valence-electron chi connectivity index (χ3n) is 2.96. The Bertz CT molecular complexity index is 250. The zero-order valence-corrected chi connectivity index (χ0v) is 8.85. The van der Waals surface area contributed by atoms with Gasteiger partial charge in [-0.15, -0.1) is 0 Å². The van der Waals surface area contributed by atoms with Crippen LogP contribution < -0.4 is 0 Å². The first-order valence-corrected chi connectivity index (χ1v) is 5.15. The van der Waals surface area contributed by atoms with E-state index in [4.69, 9.17) is 10.2 Å². The van der Waals surface area contributed by atoms with Gasteiger partial charge in [-0.3, -0.25) is 14.5 Å². The number of hydrogen-bond donors (Lipinski definition) is 2. The summed E-state index contributed by atoms with van der Waals surface area (Å²) in [6.45, 7) is 0.685. The molecule has 1 unspecified atom stereocenters. The van der Waals surface area contributed by atoms with Crippen LogP contribution in [0.4, 0.5) is 0 Å². The second-order valence-electron chi connectivity index (χ2n) is 4.19. The highest BCUT2D eigenvalue weighted by Gasteiger charge is 2.28. The number of nitrogens with zero attached hydrogens (tertiary/aromatic N) is 1. The molecule has 0 bridgehead atoms. The van der Waals surface area contributed by atoms with E-state index < -0.39 is 18.0 Å². The minimum atomic E-state index is -1.07. The summed E-state index contributed by atoms with van der Waals surface area (Å²) in [5.41, 5.74) is 0. The molecular weight excluding hydrogens is 198 g/mol. The largest absolute Gasteiger partial charge is 0.481 e. The van der Waals surface area contributed by atoms with Gasteiger partial charge in [0.05, 0.1) is 6.42 Å². The maximum absolute atomic E-state index is 10.9. The summed E-state index contributed by atoms with van der Waals surface area (Å²) in [6.07, 6.45) is 3.13. The lowest BCUT2D eigenvalue weighted by atomic mass is 9.85. The number of carboxylic acids is 2. The molecule has 1 aliphatic rings. The summed E-state index contributed by atoms with van der Waals surface area (Å²) in [6, 6.07) is -0.900. The van der Waals surface area contributed by atoms with E-state index in [9.17, 15) is 9.59 Å². The van der Waals surface area contributed by atoms with Gasteiger partial charge in [-0.2, -0.15) is 0 Å². The van der Waals surface area contributed by atoms with Gasteiger partial charge in [0.25, 0.3) is 0 Å². The zero-order chi connectivity index (χ0) is 11.4. The van der Waals surface area contributed by atoms with Crippen molar-refractivity contribution in [1.82, 2.24) is 4.90 Å². The fraction of sp³-hybridized carbons (Fsp3) is 0.800. The molecule has 0 amide bonds. The second-order valence-corrected chi connectivity index (χ2v) is 4.19. The second kappa shape index (κ2) is 5.11. The number of likely N-dealkylation sites (N-methyl/N-ethyl adjacent to an activating group) is 1.